The average molecular weight is 426 g/mol. The van der Waals surface area contributed by atoms with Crippen LogP contribution in [-0.2, 0) is 0 Å². The second-order valence-electron chi connectivity index (χ2n) is 6.78. The van der Waals surface area contributed by atoms with E-state index in [2.05, 4.69) is 30.8 Å². The summed E-state index contributed by atoms with van der Waals surface area (Å²) in [5.74, 6) is 2.56. The molecule has 10 nitrogen and oxygen atoms in total. The quantitative estimate of drug-likeness (QED) is 0.408. The number of aromatic nitrogens is 8. The third-order valence-electron chi connectivity index (χ3n) is 4.84. The van der Waals surface area contributed by atoms with Gasteiger partial charge in [-0.2, -0.15) is 0 Å². The van der Waals surface area contributed by atoms with Crippen LogP contribution in [0.15, 0.2) is 72.8 Å². The molecule has 0 saturated heterocycles. The number of hydrogen-bond acceptors (Lipinski definition) is 8. The fourth-order valence-electron chi connectivity index (χ4n) is 3.08. The van der Waals surface area contributed by atoms with E-state index in [0.29, 0.717) is 11.6 Å². The van der Waals surface area contributed by atoms with E-state index >= 15 is 0 Å². The maximum atomic E-state index is 5.18. The molecule has 0 N–H and O–H groups in total. The Bertz CT molecular complexity index is 1220. The van der Waals surface area contributed by atoms with Gasteiger partial charge in [-0.25, -0.2) is 0 Å². The summed E-state index contributed by atoms with van der Waals surface area (Å²) in [6.45, 7) is 0. The number of nitrogens with zero attached hydrogens (tertiary/aromatic N) is 8. The van der Waals surface area contributed by atoms with Gasteiger partial charge in [0.05, 0.1) is 25.6 Å². The van der Waals surface area contributed by atoms with Gasteiger partial charge in [0.25, 0.3) is 0 Å². The summed E-state index contributed by atoms with van der Waals surface area (Å²) >= 11 is 0. The Morgan fingerprint density at radius 1 is 0.531 bits per heavy atom. The molecule has 5 aromatic rings. The third-order valence-corrected chi connectivity index (χ3v) is 4.84. The molecule has 2 heterocycles. The predicted octanol–water partition coefficient (Wildman–Crippen LogP) is 2.99. The lowest BCUT2D eigenvalue weighted by Crippen LogP contribution is -1.99. The van der Waals surface area contributed by atoms with Gasteiger partial charge in [-0.05, 0) is 59.0 Å². The van der Waals surface area contributed by atoms with Crippen molar-refractivity contribution in [1.29, 1.82) is 0 Å². The largest absolute Gasteiger partial charge is 0.497 e. The van der Waals surface area contributed by atoms with E-state index < -0.39 is 0 Å². The van der Waals surface area contributed by atoms with Gasteiger partial charge in [0.1, 0.15) is 11.5 Å². The van der Waals surface area contributed by atoms with Gasteiger partial charge >= 0.3 is 0 Å². The monoisotopic (exact) mass is 426 g/mol. The Kier molecular flexibility index (Phi) is 5.00. The molecular weight excluding hydrogens is 408 g/mol. The lowest BCUT2D eigenvalue weighted by molar-refractivity contribution is 0.414. The molecule has 2 aromatic heterocycles. The standard InChI is InChI=1S/C22H18N8O2/c1-31-19-11-7-17(8-12-19)29-25-21(23-27-29)15-3-5-16(6-4-15)22-24-28-30(26-22)18-9-13-20(32-2)14-10-18/h3-14H,1-2H3. The van der Waals surface area contributed by atoms with Gasteiger partial charge in [0.15, 0.2) is 0 Å². The summed E-state index contributed by atoms with van der Waals surface area (Å²) in [5, 5.41) is 25.5. The van der Waals surface area contributed by atoms with Gasteiger partial charge in [-0.1, -0.05) is 24.3 Å². The second kappa shape index (κ2) is 8.26. The molecular formula is C22H18N8O2. The molecule has 0 saturated carbocycles. The molecule has 158 valence electrons. The lowest BCUT2D eigenvalue weighted by atomic mass is 10.1. The first-order valence-electron chi connectivity index (χ1n) is 9.73. The number of benzene rings is 3. The first kappa shape index (κ1) is 19.4. The molecule has 0 aliphatic heterocycles. The highest BCUT2D eigenvalue weighted by molar-refractivity contribution is 5.62. The van der Waals surface area contributed by atoms with Gasteiger partial charge in [0.2, 0.25) is 11.6 Å². The van der Waals surface area contributed by atoms with Crippen molar-refractivity contribution in [3.05, 3.63) is 72.8 Å². The highest BCUT2D eigenvalue weighted by Crippen LogP contribution is 2.21. The molecule has 0 amide bonds. The SMILES string of the molecule is COc1ccc(-n2nnc(-c3ccc(-c4nnn(-c5ccc(OC)cc5)n4)cc3)n2)cc1. The molecule has 0 aliphatic carbocycles. The van der Waals surface area contributed by atoms with E-state index in [4.69, 9.17) is 9.47 Å². The Morgan fingerprint density at radius 3 is 1.25 bits per heavy atom. The van der Waals surface area contributed by atoms with E-state index in [9.17, 15) is 0 Å². The van der Waals surface area contributed by atoms with E-state index in [-0.39, 0.29) is 0 Å². The van der Waals surface area contributed by atoms with Crippen LogP contribution in [0.2, 0.25) is 0 Å². The smallest absolute Gasteiger partial charge is 0.205 e. The van der Waals surface area contributed by atoms with Crippen molar-refractivity contribution >= 4 is 0 Å². The molecule has 0 atom stereocenters. The maximum Gasteiger partial charge on any atom is 0.205 e. The minimum atomic E-state index is 0.516. The van der Waals surface area contributed by atoms with E-state index in [1.165, 1.54) is 9.59 Å². The first-order chi connectivity index (χ1) is 15.7. The van der Waals surface area contributed by atoms with Crippen LogP contribution < -0.4 is 9.47 Å². The van der Waals surface area contributed by atoms with Crippen LogP contribution in [0.4, 0.5) is 0 Å². The Labute approximate surface area is 183 Å². The Morgan fingerprint density at radius 2 is 0.906 bits per heavy atom. The van der Waals surface area contributed by atoms with Gasteiger partial charge in [-0.15, -0.1) is 30.0 Å². The average Bonchev–Trinajstić information content (AvgIpc) is 3.55. The van der Waals surface area contributed by atoms with Crippen molar-refractivity contribution in [2.75, 3.05) is 14.2 Å². The molecule has 0 aliphatic rings. The van der Waals surface area contributed by atoms with Gasteiger partial charge in [0, 0.05) is 11.1 Å². The van der Waals surface area contributed by atoms with Gasteiger partial charge < -0.3 is 9.47 Å². The van der Waals surface area contributed by atoms with Crippen LogP contribution in [0, 0.1) is 0 Å². The topological polar surface area (TPSA) is 106 Å². The van der Waals surface area contributed by atoms with Crippen molar-refractivity contribution in [1.82, 2.24) is 40.4 Å². The van der Waals surface area contributed by atoms with Crippen LogP contribution in [0.3, 0.4) is 0 Å². The van der Waals surface area contributed by atoms with E-state index in [1.807, 2.05) is 72.8 Å². The Hall–Kier alpha value is -4.60. The maximum absolute atomic E-state index is 5.18. The normalized spacial score (nSPS) is 10.8. The van der Waals surface area contributed by atoms with Crippen LogP contribution in [0.1, 0.15) is 0 Å². The number of methoxy groups -OCH3 is 2. The highest BCUT2D eigenvalue weighted by Gasteiger charge is 2.11. The molecule has 0 radical (unpaired) electrons. The molecule has 5 rings (SSSR count). The van der Waals surface area contributed by atoms with Crippen LogP contribution >= 0.6 is 0 Å². The lowest BCUT2D eigenvalue weighted by Gasteiger charge is -2.01. The van der Waals surface area contributed by atoms with Gasteiger partial charge in [-0.3, -0.25) is 0 Å². The zero-order valence-electron chi connectivity index (χ0n) is 17.3. The molecule has 0 fully saturated rings. The highest BCUT2D eigenvalue weighted by atomic mass is 16.5. The molecule has 10 heteroatoms. The summed E-state index contributed by atoms with van der Waals surface area (Å²) in [5.41, 5.74) is 3.24. The summed E-state index contributed by atoms with van der Waals surface area (Å²) < 4.78 is 10.4. The molecule has 3 aromatic carbocycles. The zero-order valence-corrected chi connectivity index (χ0v) is 17.3. The number of hydrogen-bond donors (Lipinski definition) is 0. The minimum absolute atomic E-state index is 0.516. The van der Waals surface area contributed by atoms with Crippen LogP contribution in [-0.4, -0.2) is 54.6 Å². The van der Waals surface area contributed by atoms with Crippen LogP contribution in [0.25, 0.3) is 34.2 Å². The summed E-state index contributed by atoms with van der Waals surface area (Å²) in [7, 11) is 3.25. The van der Waals surface area contributed by atoms with Crippen molar-refractivity contribution < 1.29 is 9.47 Å². The van der Waals surface area contributed by atoms with Crippen molar-refractivity contribution in [3.8, 4) is 45.6 Å². The number of tetrazole rings is 2. The van der Waals surface area contributed by atoms with Crippen molar-refractivity contribution in [2.24, 2.45) is 0 Å². The zero-order chi connectivity index (χ0) is 21.9. The van der Waals surface area contributed by atoms with E-state index in [1.54, 1.807) is 14.2 Å². The summed E-state index contributed by atoms with van der Waals surface area (Å²) in [6, 6.07) is 22.5. The molecule has 32 heavy (non-hydrogen) atoms. The van der Waals surface area contributed by atoms with Crippen molar-refractivity contribution in [3.63, 3.8) is 0 Å². The third kappa shape index (κ3) is 3.76. The van der Waals surface area contributed by atoms with Crippen molar-refractivity contribution in [2.45, 2.75) is 0 Å². The summed E-state index contributed by atoms with van der Waals surface area (Å²) in [6.07, 6.45) is 0. The number of ether oxygens (including phenoxy) is 2. The minimum Gasteiger partial charge on any atom is -0.497 e. The number of rotatable bonds is 6. The van der Waals surface area contributed by atoms with Crippen LogP contribution in [0.5, 0.6) is 11.5 Å². The van der Waals surface area contributed by atoms with E-state index in [0.717, 1.165) is 34.0 Å². The summed E-state index contributed by atoms with van der Waals surface area (Å²) in [4.78, 5) is 2.95. The Balaban J connectivity index is 1.34. The first-order valence-corrected chi connectivity index (χ1v) is 9.73. The molecule has 0 unspecified atom stereocenters. The predicted molar refractivity (Wildman–Crippen MR) is 116 cm³/mol. The molecule has 0 bridgehead atoms. The fraction of sp³-hybridized carbons (Fsp3) is 0.0909. The molecule has 0 spiro atoms. The fourth-order valence-corrected chi connectivity index (χ4v) is 3.08. The second-order valence-corrected chi connectivity index (χ2v) is 6.78.